The molecule has 19 aromatic carbocycles. The first kappa shape index (κ1) is 71.9. The molecule has 27 rings (SSSR count). The van der Waals surface area contributed by atoms with Crippen LogP contribution in [0.1, 0.15) is 0 Å². The van der Waals surface area contributed by atoms with Gasteiger partial charge in [-0.05, 0) is 236 Å². The van der Waals surface area contributed by atoms with E-state index in [9.17, 15) is 0 Å². The maximum atomic E-state index is 5.22. The smallest absolute Gasteiger partial charge is 0.145 e. The lowest BCUT2D eigenvalue weighted by atomic mass is 9.87. The van der Waals surface area contributed by atoms with Gasteiger partial charge in [-0.25, -0.2) is 24.9 Å². The van der Waals surface area contributed by atoms with Crippen molar-refractivity contribution >= 4 is 179 Å². The van der Waals surface area contributed by atoms with Gasteiger partial charge in [-0.15, -0.1) is 0 Å². The minimum atomic E-state index is 0.935. The molecule has 0 atom stereocenters. The molecule has 8 aromatic heterocycles. The molecule has 9 nitrogen and oxygen atoms in total. The van der Waals surface area contributed by atoms with Crippen molar-refractivity contribution in [1.82, 2.24) is 43.9 Å². The van der Waals surface area contributed by atoms with E-state index in [0.717, 1.165) is 122 Å². The van der Waals surface area contributed by atoms with E-state index in [2.05, 4.69) is 389 Å². The lowest BCUT2D eigenvalue weighted by Gasteiger charge is -2.17. The summed E-state index contributed by atoms with van der Waals surface area (Å²) in [5.74, 6) is 0.935. The highest BCUT2D eigenvalue weighted by molar-refractivity contribution is 6.36. The molecule has 584 valence electrons. The molecule has 0 fully saturated rings. The maximum absolute atomic E-state index is 5.22. The van der Waals surface area contributed by atoms with Crippen LogP contribution in [-0.4, -0.2) is 43.9 Å². The van der Waals surface area contributed by atoms with Crippen molar-refractivity contribution in [2.75, 3.05) is 0 Å². The lowest BCUT2D eigenvalue weighted by molar-refractivity contribution is 1.10. The summed E-state index contributed by atoms with van der Waals surface area (Å²) >= 11 is 0. The standard InChI is InChI=1S/C44H27N3.C41H25N3.C32H19N3/c1-2-13-31(14-3-1)47-41-21-11-10-20-40(41)46-44(47)29-24-22-28(23-25-29)36-27-37-33-16-6-8-18-35(33)43-38(26-30-12-4-9-19-39(30)45-43)42(37)34-17-7-5-15-32(34)36;1-6-16-39-26(9-1)22-38-40-34-14-4-2-12-32(34)36(23-37(40)33-13-3-5-15-35(33)41(38)44-39)31-20-29(27-10-7-17-42-24-27)19-30(21-31)28-11-8-18-43-25-28;1-6-14-28-20(9-1)17-27-31-23-12-4-2-10-21(23)25(29-19-35-16-8-7-15-30(35)33-29)18-26(31)22-11-3-5-13-24(22)32(27)34-28/h1-27H;1-25H;1-19H. The van der Waals surface area contributed by atoms with Gasteiger partial charge in [0.1, 0.15) is 11.5 Å². The molecule has 0 saturated carbocycles. The second kappa shape index (κ2) is 29.4. The molecule has 0 unspecified atom stereocenters. The summed E-state index contributed by atoms with van der Waals surface area (Å²) in [6.45, 7) is 0. The Bertz CT molecular complexity index is 9070. The van der Waals surface area contributed by atoms with Gasteiger partial charge in [0, 0.05) is 114 Å². The fourth-order valence-corrected chi connectivity index (χ4v) is 19.7. The third-order valence-corrected chi connectivity index (χ3v) is 25.4. The third-order valence-electron chi connectivity index (χ3n) is 25.4. The highest BCUT2D eigenvalue weighted by atomic mass is 15.1. The Labute approximate surface area is 722 Å². The summed E-state index contributed by atoms with van der Waals surface area (Å²) in [6, 6.07) is 141. The molecule has 0 N–H and O–H groups in total. The molecule has 126 heavy (non-hydrogen) atoms. The molecule has 0 bridgehead atoms. The minimum absolute atomic E-state index is 0.935. The number of rotatable bonds is 7. The summed E-state index contributed by atoms with van der Waals surface area (Å²) in [5, 5.41) is 29.0. The monoisotopic (exact) mass is 1600 g/mol. The van der Waals surface area contributed by atoms with Crippen molar-refractivity contribution < 1.29 is 0 Å². The molecule has 0 aliphatic heterocycles. The van der Waals surface area contributed by atoms with Gasteiger partial charge in [0.2, 0.25) is 0 Å². The van der Waals surface area contributed by atoms with Gasteiger partial charge in [-0.2, -0.15) is 0 Å². The quantitative estimate of drug-likeness (QED) is 0.116. The Morgan fingerprint density at radius 1 is 0.214 bits per heavy atom. The highest BCUT2D eigenvalue weighted by Gasteiger charge is 2.24. The van der Waals surface area contributed by atoms with Crippen LogP contribution in [0.2, 0.25) is 0 Å². The van der Waals surface area contributed by atoms with Crippen LogP contribution in [-0.2, 0) is 0 Å². The molecule has 0 aliphatic rings. The Balaban J connectivity index is 0.000000104. The van der Waals surface area contributed by atoms with E-state index in [0.29, 0.717) is 0 Å². The largest absolute Gasteiger partial charge is 0.306 e. The van der Waals surface area contributed by atoms with Crippen molar-refractivity contribution in [3.05, 3.63) is 431 Å². The first-order valence-electron chi connectivity index (χ1n) is 42.7. The van der Waals surface area contributed by atoms with Gasteiger partial charge in [-0.1, -0.05) is 273 Å². The molecule has 0 spiro atoms. The average molecular weight is 1600 g/mol. The fraction of sp³-hybridized carbons (Fsp3) is 0. The Morgan fingerprint density at radius 3 is 1.06 bits per heavy atom. The van der Waals surface area contributed by atoms with Crippen LogP contribution in [0, 0.1) is 0 Å². The first-order chi connectivity index (χ1) is 62.5. The fourth-order valence-electron chi connectivity index (χ4n) is 19.7. The summed E-state index contributed by atoms with van der Waals surface area (Å²) < 4.78 is 4.34. The second-order valence-corrected chi connectivity index (χ2v) is 32.6. The van der Waals surface area contributed by atoms with Crippen LogP contribution < -0.4 is 0 Å². The van der Waals surface area contributed by atoms with Gasteiger partial charge in [0.15, 0.2) is 0 Å². The SMILES string of the molecule is c1ccc(-n2c(-c3ccc(-c4cc5c6ccccc6c6nc7ccccc7cc6c5c5ccccc45)cc3)nc3ccccc32)cc1.c1ccc2nc3c4ccccc4c4cc(-c5cn6ccccc6n5)c5ccccc5c4c3cc2c1.c1cncc(-c2cc(-c3cccnc3)cc(-c3cc4c5ccccc5c5nc6ccccc6cc5c4c4ccccc34)c2)c1. The van der Waals surface area contributed by atoms with Crippen molar-refractivity contribution in [3.8, 4) is 72.8 Å². The van der Waals surface area contributed by atoms with Crippen LogP contribution in [0.4, 0.5) is 0 Å². The molecule has 0 aliphatic carbocycles. The number of hydrogen-bond acceptors (Lipinski definition) is 7. The van der Waals surface area contributed by atoms with Gasteiger partial charge in [0.25, 0.3) is 0 Å². The van der Waals surface area contributed by atoms with E-state index in [-0.39, 0.29) is 0 Å². The van der Waals surface area contributed by atoms with Crippen molar-refractivity contribution in [1.29, 1.82) is 0 Å². The Morgan fingerprint density at radius 2 is 0.595 bits per heavy atom. The van der Waals surface area contributed by atoms with Crippen molar-refractivity contribution in [2.24, 2.45) is 0 Å². The van der Waals surface area contributed by atoms with Gasteiger partial charge in [0.05, 0.1) is 49.8 Å². The normalized spacial score (nSPS) is 11.8. The third kappa shape index (κ3) is 11.9. The van der Waals surface area contributed by atoms with Crippen molar-refractivity contribution in [3.63, 3.8) is 0 Å². The highest BCUT2D eigenvalue weighted by Crippen LogP contribution is 2.49. The summed E-state index contributed by atoms with van der Waals surface area (Å²) in [6.07, 6.45) is 11.7. The predicted molar refractivity (Wildman–Crippen MR) is 527 cm³/mol. The number of para-hydroxylation sites is 6. The average Bonchev–Trinajstić information content (AvgIpc) is 1.28. The zero-order chi connectivity index (χ0) is 82.9. The van der Waals surface area contributed by atoms with Crippen LogP contribution in [0.3, 0.4) is 0 Å². The summed E-state index contributed by atoms with van der Waals surface area (Å²) in [4.78, 5) is 34.5. The Hall–Kier alpha value is -17.0. The lowest BCUT2D eigenvalue weighted by Crippen LogP contribution is -1.97. The van der Waals surface area contributed by atoms with E-state index < -0.39 is 0 Å². The molecule has 8 heterocycles. The number of pyridine rings is 6. The number of imidazole rings is 2. The number of hydrogen-bond donors (Lipinski definition) is 0. The van der Waals surface area contributed by atoms with E-state index in [1.165, 1.54) is 130 Å². The van der Waals surface area contributed by atoms with Crippen LogP contribution in [0.25, 0.3) is 252 Å². The Kier molecular flexibility index (Phi) is 16.8. The maximum Gasteiger partial charge on any atom is 0.145 e. The predicted octanol–water partition coefficient (Wildman–Crippen LogP) is 30.3. The molecule has 9 heteroatoms. The van der Waals surface area contributed by atoms with Crippen LogP contribution >= 0.6 is 0 Å². The number of aromatic nitrogens is 9. The number of benzene rings is 19. The van der Waals surface area contributed by atoms with E-state index >= 15 is 0 Å². The zero-order valence-electron chi connectivity index (χ0n) is 68.0. The van der Waals surface area contributed by atoms with E-state index in [1.807, 2.05) is 61.2 Å². The first-order valence-corrected chi connectivity index (χ1v) is 42.7. The zero-order valence-corrected chi connectivity index (χ0v) is 68.0. The molecule has 0 amide bonds. The second-order valence-electron chi connectivity index (χ2n) is 32.6. The van der Waals surface area contributed by atoms with Crippen molar-refractivity contribution in [2.45, 2.75) is 0 Å². The number of fused-ring (bicyclic) bond motifs is 29. The van der Waals surface area contributed by atoms with Gasteiger partial charge >= 0.3 is 0 Å². The summed E-state index contributed by atoms with van der Waals surface area (Å²) in [7, 11) is 0. The van der Waals surface area contributed by atoms with E-state index in [1.54, 1.807) is 0 Å². The van der Waals surface area contributed by atoms with Crippen LogP contribution in [0.15, 0.2) is 431 Å². The number of nitrogens with zero attached hydrogens (tertiary/aromatic N) is 9. The van der Waals surface area contributed by atoms with Gasteiger partial charge in [-0.3, -0.25) is 14.5 Å². The van der Waals surface area contributed by atoms with Gasteiger partial charge < -0.3 is 4.40 Å². The molecule has 27 aromatic rings. The molecule has 0 saturated heterocycles. The molecular weight excluding hydrogens is 1530 g/mol. The molecule has 0 radical (unpaired) electrons. The van der Waals surface area contributed by atoms with Crippen LogP contribution in [0.5, 0.6) is 0 Å². The van der Waals surface area contributed by atoms with E-state index in [4.69, 9.17) is 24.9 Å². The molecular formula is C117H71N9. The minimum Gasteiger partial charge on any atom is -0.306 e. The summed E-state index contributed by atoms with van der Waals surface area (Å²) in [5.41, 5.74) is 22.7. The topological polar surface area (TPSA) is 99.6 Å².